The smallest absolute Gasteiger partial charge is 0.222 e. The first kappa shape index (κ1) is 18.9. The van der Waals surface area contributed by atoms with Crippen molar-refractivity contribution in [2.75, 3.05) is 19.7 Å². The number of ether oxygens (including phenoxy) is 1. The number of nitrogens with zero attached hydrogens (tertiary/aromatic N) is 1. The molecule has 0 aliphatic carbocycles. The Morgan fingerprint density at radius 2 is 1.82 bits per heavy atom. The topological polar surface area (TPSA) is 58.6 Å². The Hall–Kier alpha value is -1.10. The summed E-state index contributed by atoms with van der Waals surface area (Å²) in [7, 11) is 0. The summed E-state index contributed by atoms with van der Waals surface area (Å²) in [6, 6.07) is 0.221. The van der Waals surface area contributed by atoms with Crippen molar-refractivity contribution in [2.45, 2.75) is 71.9 Å². The lowest BCUT2D eigenvalue weighted by Crippen LogP contribution is -2.47. The summed E-state index contributed by atoms with van der Waals surface area (Å²) in [5.41, 5.74) is 0. The van der Waals surface area contributed by atoms with Crippen molar-refractivity contribution in [2.24, 2.45) is 5.92 Å². The van der Waals surface area contributed by atoms with E-state index in [0.717, 1.165) is 45.4 Å². The zero-order valence-electron chi connectivity index (χ0n) is 14.6. The van der Waals surface area contributed by atoms with Crippen LogP contribution in [0.25, 0.3) is 0 Å². The fourth-order valence-corrected chi connectivity index (χ4v) is 2.50. The Morgan fingerprint density at radius 1 is 1.18 bits per heavy atom. The normalized spacial score (nSPS) is 16.4. The third-order valence-corrected chi connectivity index (χ3v) is 3.95. The molecule has 1 heterocycles. The Balaban J connectivity index is 0.00000484. The maximum Gasteiger partial charge on any atom is 0.222 e. The number of carbonyl (C=O) groups excluding carboxylic acids is 2. The Morgan fingerprint density at radius 3 is 2.36 bits per heavy atom. The van der Waals surface area contributed by atoms with Gasteiger partial charge in [0.15, 0.2) is 0 Å². The van der Waals surface area contributed by atoms with Crippen LogP contribution in [0.1, 0.15) is 61.2 Å². The van der Waals surface area contributed by atoms with Gasteiger partial charge in [0.25, 0.3) is 0 Å². The molecule has 0 unspecified atom stereocenters. The van der Waals surface area contributed by atoms with E-state index in [1.54, 1.807) is 0 Å². The van der Waals surface area contributed by atoms with Crippen LogP contribution in [0.3, 0.4) is 0 Å². The first-order chi connectivity index (χ1) is 10.4. The molecule has 1 aliphatic heterocycles. The highest BCUT2D eigenvalue weighted by Gasteiger charge is 2.23. The van der Waals surface area contributed by atoms with E-state index in [0.29, 0.717) is 6.42 Å². The van der Waals surface area contributed by atoms with Gasteiger partial charge in [-0.1, -0.05) is 13.8 Å². The minimum Gasteiger partial charge on any atom is -0.379 e. The standard InChI is InChI=1S/C17H32N2O3.H2/c1-13(2)17(21)18-15-8-10-19(11-9-15)16(20)7-5-6-12-22-14(3)4;/h13-15H,5-12H2,1-4H3,(H,18,21);1H. The summed E-state index contributed by atoms with van der Waals surface area (Å²) in [6.07, 6.45) is 4.41. The number of amides is 2. The van der Waals surface area contributed by atoms with Gasteiger partial charge in [-0.2, -0.15) is 0 Å². The average Bonchev–Trinajstić information content (AvgIpc) is 2.47. The quantitative estimate of drug-likeness (QED) is 0.701. The molecule has 1 saturated heterocycles. The zero-order chi connectivity index (χ0) is 16.5. The number of hydrogen-bond donors (Lipinski definition) is 1. The van der Waals surface area contributed by atoms with Crippen molar-refractivity contribution in [3.8, 4) is 0 Å². The molecule has 0 atom stereocenters. The number of carbonyl (C=O) groups is 2. The van der Waals surface area contributed by atoms with Crippen LogP contribution in [0, 0.1) is 5.92 Å². The fourth-order valence-electron chi connectivity index (χ4n) is 2.50. The van der Waals surface area contributed by atoms with Crippen LogP contribution in [0.5, 0.6) is 0 Å². The van der Waals surface area contributed by atoms with Gasteiger partial charge in [0.05, 0.1) is 6.10 Å². The third-order valence-electron chi connectivity index (χ3n) is 3.95. The predicted octanol–water partition coefficient (Wildman–Crippen LogP) is 2.59. The van der Waals surface area contributed by atoms with Gasteiger partial charge in [0.2, 0.25) is 11.8 Å². The van der Waals surface area contributed by atoms with E-state index >= 15 is 0 Å². The lowest BCUT2D eigenvalue weighted by Gasteiger charge is -2.32. The second-order valence-electron chi connectivity index (χ2n) is 6.70. The SMILES string of the molecule is CC(C)OCCCCC(=O)N1CCC(NC(=O)C(C)C)CC1.[HH]. The summed E-state index contributed by atoms with van der Waals surface area (Å²) in [4.78, 5) is 25.7. The van der Waals surface area contributed by atoms with E-state index in [1.807, 2.05) is 32.6 Å². The fraction of sp³-hybridized carbons (Fsp3) is 0.882. The van der Waals surface area contributed by atoms with Gasteiger partial charge in [0.1, 0.15) is 0 Å². The number of rotatable bonds is 8. The van der Waals surface area contributed by atoms with Crippen molar-refractivity contribution in [3.05, 3.63) is 0 Å². The van der Waals surface area contributed by atoms with Gasteiger partial charge >= 0.3 is 0 Å². The summed E-state index contributed by atoms with van der Waals surface area (Å²) in [5.74, 6) is 0.362. The highest BCUT2D eigenvalue weighted by Crippen LogP contribution is 2.13. The number of unbranched alkanes of at least 4 members (excludes halogenated alkanes) is 1. The number of piperidine rings is 1. The second kappa shape index (κ2) is 9.82. The van der Waals surface area contributed by atoms with Gasteiger partial charge in [-0.25, -0.2) is 0 Å². The molecule has 1 N–H and O–H groups in total. The van der Waals surface area contributed by atoms with E-state index in [9.17, 15) is 9.59 Å². The van der Waals surface area contributed by atoms with Gasteiger partial charge < -0.3 is 15.0 Å². The number of likely N-dealkylation sites (tertiary alicyclic amines) is 1. The van der Waals surface area contributed by atoms with Crippen molar-refractivity contribution in [1.29, 1.82) is 0 Å². The molecule has 0 aromatic carbocycles. The van der Waals surface area contributed by atoms with Crippen LogP contribution in [-0.2, 0) is 14.3 Å². The minimum absolute atomic E-state index is 0. The van der Waals surface area contributed by atoms with Crippen LogP contribution in [0.2, 0.25) is 0 Å². The average molecular weight is 314 g/mol. The summed E-state index contributed by atoms with van der Waals surface area (Å²) < 4.78 is 5.47. The lowest BCUT2D eigenvalue weighted by atomic mass is 10.0. The first-order valence-corrected chi connectivity index (χ1v) is 8.60. The van der Waals surface area contributed by atoms with Crippen LogP contribution in [0.4, 0.5) is 0 Å². The van der Waals surface area contributed by atoms with Gasteiger partial charge in [0, 0.05) is 39.5 Å². The molecule has 0 bridgehead atoms. The molecular weight excluding hydrogens is 280 g/mol. The van der Waals surface area contributed by atoms with Crippen molar-refractivity contribution >= 4 is 11.8 Å². The Bertz CT molecular complexity index is 354. The summed E-state index contributed by atoms with van der Waals surface area (Å²) in [5, 5.41) is 3.05. The zero-order valence-corrected chi connectivity index (χ0v) is 14.6. The predicted molar refractivity (Wildman–Crippen MR) is 89.6 cm³/mol. The molecule has 0 aromatic rings. The molecule has 0 radical (unpaired) electrons. The first-order valence-electron chi connectivity index (χ1n) is 8.60. The van der Waals surface area contributed by atoms with E-state index in [1.165, 1.54) is 0 Å². The second-order valence-corrected chi connectivity index (χ2v) is 6.70. The van der Waals surface area contributed by atoms with Crippen LogP contribution >= 0.6 is 0 Å². The Kier molecular flexibility index (Phi) is 8.46. The molecule has 5 nitrogen and oxygen atoms in total. The van der Waals surface area contributed by atoms with Crippen molar-refractivity contribution < 1.29 is 15.8 Å². The number of nitrogens with one attached hydrogen (secondary N) is 1. The molecule has 0 aromatic heterocycles. The van der Waals surface area contributed by atoms with Crippen LogP contribution in [0.15, 0.2) is 0 Å². The minimum atomic E-state index is 0. The van der Waals surface area contributed by atoms with E-state index in [-0.39, 0.29) is 31.3 Å². The molecule has 5 heteroatoms. The lowest BCUT2D eigenvalue weighted by molar-refractivity contribution is -0.132. The molecule has 0 saturated carbocycles. The Labute approximate surface area is 136 Å². The van der Waals surface area contributed by atoms with E-state index in [2.05, 4.69) is 5.32 Å². The maximum atomic E-state index is 12.1. The molecular formula is C17H34N2O3. The summed E-state index contributed by atoms with van der Waals surface area (Å²) >= 11 is 0. The maximum absolute atomic E-state index is 12.1. The van der Waals surface area contributed by atoms with Gasteiger partial charge in [-0.3, -0.25) is 9.59 Å². The highest BCUT2D eigenvalue weighted by molar-refractivity contribution is 5.78. The molecule has 1 rings (SSSR count). The molecule has 0 spiro atoms. The monoisotopic (exact) mass is 314 g/mol. The molecule has 130 valence electrons. The number of hydrogen-bond acceptors (Lipinski definition) is 3. The van der Waals surface area contributed by atoms with Crippen LogP contribution in [-0.4, -0.2) is 48.6 Å². The van der Waals surface area contributed by atoms with Crippen molar-refractivity contribution in [3.63, 3.8) is 0 Å². The third kappa shape index (κ3) is 7.25. The molecule has 1 aliphatic rings. The molecule has 1 fully saturated rings. The summed E-state index contributed by atoms with van der Waals surface area (Å²) in [6.45, 7) is 10.1. The largest absolute Gasteiger partial charge is 0.379 e. The highest BCUT2D eigenvalue weighted by atomic mass is 16.5. The van der Waals surface area contributed by atoms with E-state index < -0.39 is 0 Å². The van der Waals surface area contributed by atoms with Crippen molar-refractivity contribution in [1.82, 2.24) is 10.2 Å². The van der Waals surface area contributed by atoms with Crippen LogP contribution < -0.4 is 5.32 Å². The molecule has 2 amide bonds. The van der Waals surface area contributed by atoms with Gasteiger partial charge in [-0.15, -0.1) is 0 Å². The molecule has 22 heavy (non-hydrogen) atoms. The van der Waals surface area contributed by atoms with E-state index in [4.69, 9.17) is 4.74 Å². The van der Waals surface area contributed by atoms with Gasteiger partial charge in [-0.05, 0) is 39.5 Å².